The zero-order chi connectivity index (χ0) is 55.8. The number of aliphatic imine (C=N–C) groups is 3. The van der Waals surface area contributed by atoms with Crippen molar-refractivity contribution in [1.29, 1.82) is 0 Å². The van der Waals surface area contributed by atoms with Crippen LogP contribution >= 0.6 is 0 Å². The van der Waals surface area contributed by atoms with Gasteiger partial charge in [0.1, 0.15) is 48.3 Å². The van der Waals surface area contributed by atoms with Crippen LogP contribution in [0.15, 0.2) is 15.0 Å². The second kappa shape index (κ2) is 35.0. The van der Waals surface area contributed by atoms with Crippen LogP contribution in [0.1, 0.15) is 91.9 Å². The van der Waals surface area contributed by atoms with Gasteiger partial charge in [0.25, 0.3) is 0 Å². The Morgan fingerprint density at radius 3 is 1.01 bits per heavy atom. The molecule has 0 aromatic carbocycles. The lowest BCUT2D eigenvalue weighted by molar-refractivity contribution is -0.136. The monoisotopic (exact) mass is 1040 g/mol. The van der Waals surface area contributed by atoms with Crippen molar-refractivity contribution in [2.45, 2.75) is 140 Å². The van der Waals surface area contributed by atoms with E-state index in [4.69, 9.17) is 45.9 Å². The Morgan fingerprint density at radius 2 is 0.699 bits per heavy atom. The number of urea groups is 1. The Labute approximate surface area is 422 Å². The van der Waals surface area contributed by atoms with Gasteiger partial charge >= 0.3 is 6.03 Å². The van der Waals surface area contributed by atoms with Crippen molar-refractivity contribution in [1.82, 2.24) is 53.2 Å². The van der Waals surface area contributed by atoms with Crippen molar-refractivity contribution in [2.75, 3.05) is 33.2 Å². The topological polar surface area (TPSA) is 553 Å². The third kappa shape index (κ3) is 29.5. The van der Waals surface area contributed by atoms with Crippen molar-refractivity contribution in [2.24, 2.45) is 60.8 Å². The molecule has 73 heavy (non-hydrogen) atoms. The second-order valence-electron chi connectivity index (χ2n) is 16.6. The molecule has 0 rings (SSSR count). The first-order valence-electron chi connectivity index (χ1n) is 23.3. The quantitative estimate of drug-likeness (QED) is 0.0159. The molecule has 0 saturated carbocycles. The van der Waals surface area contributed by atoms with E-state index in [1.165, 1.54) is 34.7 Å². The van der Waals surface area contributed by atoms with Gasteiger partial charge in [-0.2, -0.15) is 0 Å². The summed E-state index contributed by atoms with van der Waals surface area (Å²) in [5, 5.41) is 24.7. The highest BCUT2D eigenvalue weighted by molar-refractivity contribution is 5.98. The van der Waals surface area contributed by atoms with Crippen LogP contribution in [-0.2, 0) is 47.9 Å². The molecular formula is C41H77N21O11. The van der Waals surface area contributed by atoms with Crippen molar-refractivity contribution >= 4 is 83.0 Å². The number of nitrogens with zero attached hydrogens (tertiary/aromatic N) is 3. The molecule has 8 atom stereocenters. The van der Waals surface area contributed by atoms with Gasteiger partial charge in [0.2, 0.25) is 59.1 Å². The molecule has 32 nitrogen and oxygen atoms in total. The highest BCUT2D eigenvalue weighted by atomic mass is 16.2. The van der Waals surface area contributed by atoms with Crippen LogP contribution < -0.4 is 99.0 Å². The molecular weight excluding hydrogens is 963 g/mol. The largest absolute Gasteiger partial charge is 0.370 e. The number of carbonyl (C=O) groups is 11. The van der Waals surface area contributed by atoms with E-state index >= 15 is 0 Å². The molecule has 26 N–H and O–H groups in total. The summed E-state index contributed by atoms with van der Waals surface area (Å²) in [4.78, 5) is 154. The fraction of sp³-hybridized carbons (Fsp3) is 0.659. The Hall–Kier alpha value is -8.22. The van der Waals surface area contributed by atoms with Gasteiger partial charge in [-0.15, -0.1) is 0 Å². The minimum absolute atomic E-state index is 0.0217. The van der Waals surface area contributed by atoms with Crippen molar-refractivity contribution in [3.8, 4) is 0 Å². The number of hydrogen-bond donors (Lipinski definition) is 18. The van der Waals surface area contributed by atoms with Gasteiger partial charge in [-0.05, 0) is 78.6 Å². The molecule has 12 amide bonds. The molecule has 0 aliphatic carbocycles. The van der Waals surface area contributed by atoms with Crippen LogP contribution in [0.3, 0.4) is 0 Å². The normalized spacial score (nSPS) is 13.8. The standard InChI is InChI=1S/C41H77N21O11/c1-20(30(65)50-5)55-31(66)21(2)56-32(67)22(3)57-33(68)25(13-9-19-54-41(49)73)59-35(70)26(11-7-17-52-39(45)46)60-36(71)27(12-8-18-53-40(47)48)61-37(72)28(14-15-29(42)64)62-34(69)24(58-23(4)63)10-6-16-51-38(43)44/h20-22,24-28H,6-19H2,1-5H3,(H2,42,64)(H,50,65)(H,55,66)(H,56,67)(H,57,68)(H,58,63)(H,59,70)(H,60,71)(H,61,72)(H,62,69)(H4,43,44,51)(H4,45,46,52)(H4,47,48,53)(H3,49,54,73)/t20-,21-,22-,24-,25-,26-,27-,28-/m0/s1. The number of carbonyl (C=O) groups excluding carboxylic acids is 11. The Balaban J connectivity index is 6.84. The van der Waals surface area contributed by atoms with Crippen LogP contribution in [-0.4, -0.2) is 165 Å². The lowest BCUT2D eigenvalue weighted by Gasteiger charge is -2.27. The third-order valence-electron chi connectivity index (χ3n) is 10.2. The van der Waals surface area contributed by atoms with Crippen LogP contribution in [0.5, 0.6) is 0 Å². The van der Waals surface area contributed by atoms with Crippen LogP contribution in [0.25, 0.3) is 0 Å². The summed E-state index contributed by atoms with van der Waals surface area (Å²) in [5.74, 6) is -8.73. The van der Waals surface area contributed by atoms with E-state index in [0.717, 1.165) is 0 Å². The Kier molecular flexibility index (Phi) is 31.0. The summed E-state index contributed by atoms with van der Waals surface area (Å²) < 4.78 is 0. The zero-order valence-corrected chi connectivity index (χ0v) is 42.0. The minimum atomic E-state index is -1.51. The number of amides is 12. The number of nitrogens with one attached hydrogen (secondary N) is 10. The van der Waals surface area contributed by atoms with Crippen LogP contribution in [0, 0.1) is 0 Å². The second-order valence-corrected chi connectivity index (χ2v) is 16.6. The first-order valence-corrected chi connectivity index (χ1v) is 23.3. The van der Waals surface area contributed by atoms with Crippen molar-refractivity contribution < 1.29 is 52.7 Å². The maximum absolute atomic E-state index is 14.2. The van der Waals surface area contributed by atoms with E-state index in [-0.39, 0.29) is 102 Å². The third-order valence-corrected chi connectivity index (χ3v) is 10.2. The molecule has 0 radical (unpaired) electrons. The number of nitrogens with two attached hydrogens (primary N) is 8. The highest BCUT2D eigenvalue weighted by Crippen LogP contribution is 2.09. The molecule has 0 aromatic rings. The molecule has 0 aliphatic heterocycles. The van der Waals surface area contributed by atoms with E-state index in [1.807, 2.05) is 0 Å². The fourth-order valence-electron chi connectivity index (χ4n) is 6.40. The molecule has 0 saturated heterocycles. The molecule has 0 aliphatic rings. The highest BCUT2D eigenvalue weighted by Gasteiger charge is 2.33. The predicted octanol–water partition coefficient (Wildman–Crippen LogP) is -8.43. The van der Waals surface area contributed by atoms with E-state index in [2.05, 4.69) is 68.1 Å². The van der Waals surface area contributed by atoms with Gasteiger partial charge in [0.05, 0.1) is 0 Å². The fourth-order valence-corrected chi connectivity index (χ4v) is 6.40. The molecule has 32 heteroatoms. The molecule has 0 spiro atoms. The average molecular weight is 1040 g/mol. The maximum Gasteiger partial charge on any atom is 0.312 e. The minimum Gasteiger partial charge on any atom is -0.370 e. The maximum atomic E-state index is 14.2. The van der Waals surface area contributed by atoms with Gasteiger partial charge in [-0.3, -0.25) is 62.9 Å². The van der Waals surface area contributed by atoms with Gasteiger partial charge in [0, 0.05) is 46.6 Å². The first-order chi connectivity index (χ1) is 34.2. The van der Waals surface area contributed by atoms with Gasteiger partial charge in [-0.1, -0.05) is 0 Å². The van der Waals surface area contributed by atoms with E-state index in [0.29, 0.717) is 0 Å². The molecule has 0 aromatic heterocycles. The summed E-state index contributed by atoms with van der Waals surface area (Å²) in [7, 11) is 1.38. The lowest BCUT2D eigenvalue weighted by Crippen LogP contribution is -2.60. The van der Waals surface area contributed by atoms with Crippen LogP contribution in [0.2, 0.25) is 0 Å². The molecule has 0 fully saturated rings. The predicted molar refractivity (Wildman–Crippen MR) is 267 cm³/mol. The summed E-state index contributed by atoms with van der Waals surface area (Å²) in [5.41, 5.74) is 43.2. The number of rotatable bonds is 35. The molecule has 412 valence electrons. The zero-order valence-electron chi connectivity index (χ0n) is 42.0. The molecule has 0 heterocycles. The SMILES string of the molecule is CNC(=O)[C@H](C)NC(=O)[C@H](C)NC(=O)[C@H](C)NC(=O)[C@H](CCCNC(N)=O)NC(=O)[C@H](CCCN=C(N)N)NC(=O)[C@H](CCCN=C(N)N)NC(=O)[C@H](CCC(N)=O)NC(=O)[C@H](CCCN=C(N)N)NC(C)=O. The first kappa shape index (κ1) is 64.8. The number of likely N-dealkylation sites (N-methyl/N-ethyl adjacent to an activating group) is 1. The van der Waals surface area contributed by atoms with Crippen LogP contribution in [0.4, 0.5) is 4.79 Å². The van der Waals surface area contributed by atoms with Crippen molar-refractivity contribution in [3.05, 3.63) is 0 Å². The number of hydrogen-bond acceptors (Lipinski definition) is 14. The van der Waals surface area contributed by atoms with Gasteiger partial charge < -0.3 is 99.0 Å². The van der Waals surface area contributed by atoms with Crippen molar-refractivity contribution in [3.63, 3.8) is 0 Å². The smallest absolute Gasteiger partial charge is 0.312 e. The van der Waals surface area contributed by atoms with E-state index in [1.54, 1.807) is 0 Å². The lowest BCUT2D eigenvalue weighted by atomic mass is 10.0. The van der Waals surface area contributed by atoms with E-state index in [9.17, 15) is 52.7 Å². The summed E-state index contributed by atoms with van der Waals surface area (Å²) in [6.45, 7) is 5.27. The summed E-state index contributed by atoms with van der Waals surface area (Å²) >= 11 is 0. The molecule has 0 bridgehead atoms. The van der Waals surface area contributed by atoms with Gasteiger partial charge in [-0.25, -0.2) is 4.79 Å². The Bertz CT molecular complexity index is 1990. The van der Waals surface area contributed by atoms with E-state index < -0.39 is 120 Å². The number of guanidine groups is 3. The average Bonchev–Trinajstić information content (AvgIpc) is 3.30. The summed E-state index contributed by atoms with van der Waals surface area (Å²) in [6.07, 6.45) is -0.782. The molecule has 0 unspecified atom stereocenters. The Morgan fingerprint density at radius 1 is 0.397 bits per heavy atom. The van der Waals surface area contributed by atoms with Gasteiger partial charge in [0.15, 0.2) is 17.9 Å². The number of primary amides is 2. The summed E-state index contributed by atoms with van der Waals surface area (Å²) in [6, 6.07) is -11.3.